The van der Waals surface area contributed by atoms with Crippen LogP contribution in [0.4, 0.5) is 0 Å². The highest BCUT2D eigenvalue weighted by molar-refractivity contribution is 5.13. The van der Waals surface area contributed by atoms with Gasteiger partial charge in [0.1, 0.15) is 0 Å². The molecule has 0 heterocycles. The quantitative estimate of drug-likeness (QED) is 0.407. The zero-order valence-corrected chi connectivity index (χ0v) is 19.5. The number of benzene rings is 1. The number of aliphatic hydroxyl groups is 2. The Morgan fingerprint density at radius 3 is 2.34 bits per heavy atom. The molecule has 0 amide bonds. The summed E-state index contributed by atoms with van der Waals surface area (Å²) in [5.74, 6) is 1.86. The van der Waals surface area contributed by atoms with Gasteiger partial charge in [-0.1, -0.05) is 78.3 Å². The summed E-state index contributed by atoms with van der Waals surface area (Å²) in [5.41, 5.74) is 1.08. The second-order valence-electron chi connectivity index (χ2n) is 10.7. The van der Waals surface area contributed by atoms with Crippen LogP contribution in [0.1, 0.15) is 79.2 Å². The largest absolute Gasteiger partial charge is 0.393 e. The smallest absolute Gasteiger partial charge is 0.0716 e. The third-order valence-electron chi connectivity index (χ3n) is 7.64. The van der Waals surface area contributed by atoms with Crippen molar-refractivity contribution in [1.82, 2.24) is 0 Å². The number of hydrogen-bond donors (Lipinski definition) is 2. The summed E-state index contributed by atoms with van der Waals surface area (Å²) in [6.45, 7) is 14.5. The van der Waals surface area contributed by atoms with Crippen molar-refractivity contribution in [3.63, 3.8) is 0 Å². The van der Waals surface area contributed by atoms with Gasteiger partial charge in [-0.15, -0.1) is 0 Å². The van der Waals surface area contributed by atoms with Crippen molar-refractivity contribution >= 4 is 0 Å². The highest BCUT2D eigenvalue weighted by atomic mass is 16.5. The topological polar surface area (TPSA) is 49.7 Å². The fourth-order valence-corrected chi connectivity index (χ4v) is 4.78. The summed E-state index contributed by atoms with van der Waals surface area (Å²) in [5, 5.41) is 21.6. The molecule has 1 fully saturated rings. The molecule has 0 bridgehead atoms. The van der Waals surface area contributed by atoms with Crippen LogP contribution in [0.15, 0.2) is 30.3 Å². The lowest BCUT2D eigenvalue weighted by Gasteiger charge is -2.38. The van der Waals surface area contributed by atoms with Crippen LogP contribution in [0.2, 0.25) is 0 Å². The Balaban J connectivity index is 1.74. The molecule has 2 N–H and O–H groups in total. The van der Waals surface area contributed by atoms with Crippen molar-refractivity contribution in [2.24, 2.45) is 28.6 Å². The molecule has 1 aromatic carbocycles. The van der Waals surface area contributed by atoms with E-state index in [1.54, 1.807) is 0 Å². The lowest BCUT2D eigenvalue weighted by molar-refractivity contribution is -0.0390. The molecule has 1 saturated carbocycles. The molecule has 29 heavy (non-hydrogen) atoms. The Kier molecular flexibility index (Phi) is 8.75. The second-order valence-corrected chi connectivity index (χ2v) is 10.7. The van der Waals surface area contributed by atoms with Crippen LogP contribution < -0.4 is 0 Å². The molecule has 2 rings (SSSR count). The van der Waals surface area contributed by atoms with Gasteiger partial charge in [-0.2, -0.15) is 0 Å². The summed E-state index contributed by atoms with van der Waals surface area (Å²) in [4.78, 5) is 0. The fourth-order valence-electron chi connectivity index (χ4n) is 4.78. The van der Waals surface area contributed by atoms with Gasteiger partial charge in [-0.25, -0.2) is 0 Å². The van der Waals surface area contributed by atoms with Crippen LogP contribution in [-0.4, -0.2) is 29.0 Å². The van der Waals surface area contributed by atoms with Crippen LogP contribution in [-0.2, 0) is 11.3 Å². The van der Waals surface area contributed by atoms with E-state index in [1.165, 1.54) is 18.4 Å². The van der Waals surface area contributed by atoms with E-state index in [1.807, 2.05) is 18.2 Å². The first-order valence-electron chi connectivity index (χ1n) is 11.6. The van der Waals surface area contributed by atoms with E-state index in [-0.39, 0.29) is 10.8 Å². The Bertz CT molecular complexity index is 595. The summed E-state index contributed by atoms with van der Waals surface area (Å²) in [7, 11) is 0. The second kappa shape index (κ2) is 10.4. The third-order valence-corrected chi connectivity index (χ3v) is 7.64. The predicted octanol–water partition coefficient (Wildman–Crippen LogP) is 5.83. The van der Waals surface area contributed by atoms with E-state index in [0.717, 1.165) is 24.7 Å². The first kappa shape index (κ1) is 24.4. The first-order chi connectivity index (χ1) is 13.6. The molecule has 0 saturated heterocycles. The lowest BCUT2D eigenvalue weighted by atomic mass is 9.71. The average molecular weight is 405 g/mol. The van der Waals surface area contributed by atoms with Crippen LogP contribution in [0.3, 0.4) is 0 Å². The summed E-state index contributed by atoms with van der Waals surface area (Å²) in [6.07, 6.45) is 3.70. The highest BCUT2D eigenvalue weighted by Crippen LogP contribution is 2.54. The van der Waals surface area contributed by atoms with Crippen molar-refractivity contribution in [2.75, 3.05) is 6.61 Å². The lowest BCUT2D eigenvalue weighted by Crippen LogP contribution is -2.39. The molecule has 166 valence electrons. The Morgan fingerprint density at radius 2 is 1.76 bits per heavy atom. The number of ether oxygens (including phenoxy) is 1. The van der Waals surface area contributed by atoms with E-state index in [0.29, 0.717) is 25.6 Å². The zero-order chi connectivity index (χ0) is 21.7. The van der Waals surface area contributed by atoms with Gasteiger partial charge in [-0.05, 0) is 59.8 Å². The van der Waals surface area contributed by atoms with Gasteiger partial charge in [0.15, 0.2) is 0 Å². The minimum atomic E-state index is -0.515. The molecule has 4 unspecified atom stereocenters. The zero-order valence-electron chi connectivity index (χ0n) is 19.5. The molecule has 0 aliphatic heterocycles. The maximum atomic E-state index is 10.9. The first-order valence-corrected chi connectivity index (χ1v) is 11.6. The van der Waals surface area contributed by atoms with Crippen molar-refractivity contribution < 1.29 is 14.9 Å². The van der Waals surface area contributed by atoms with Crippen LogP contribution in [0.5, 0.6) is 0 Å². The molecular formula is C26H44O3. The molecule has 1 aliphatic rings. The molecule has 0 spiro atoms. The van der Waals surface area contributed by atoms with E-state index in [4.69, 9.17) is 4.74 Å². The number of rotatable bonds is 13. The van der Waals surface area contributed by atoms with E-state index in [2.05, 4.69) is 53.7 Å². The van der Waals surface area contributed by atoms with Crippen LogP contribution >= 0.6 is 0 Å². The molecule has 3 nitrogen and oxygen atoms in total. The molecule has 1 aromatic rings. The predicted molar refractivity (Wildman–Crippen MR) is 121 cm³/mol. The van der Waals surface area contributed by atoms with Gasteiger partial charge in [0.2, 0.25) is 0 Å². The number of aliphatic hydroxyl groups excluding tert-OH is 2. The van der Waals surface area contributed by atoms with Gasteiger partial charge < -0.3 is 14.9 Å². The molecule has 0 radical (unpaired) electrons. The summed E-state index contributed by atoms with van der Waals surface area (Å²) < 4.78 is 5.84. The Morgan fingerprint density at radius 1 is 1.10 bits per heavy atom. The van der Waals surface area contributed by atoms with Gasteiger partial charge >= 0.3 is 0 Å². The third kappa shape index (κ3) is 7.08. The Labute approximate surface area is 178 Å². The maximum absolute atomic E-state index is 10.9. The summed E-state index contributed by atoms with van der Waals surface area (Å²) in [6, 6.07) is 10.2. The van der Waals surface area contributed by atoms with Crippen molar-refractivity contribution in [3.05, 3.63) is 35.9 Å². The molecule has 0 aromatic heterocycles. The standard InChI is InChI=1S/C26H44O3/c1-7-21-15-23(21)25(3,4)17-22(27)16-24(28)26(5,6)19(2)13-14-29-18-20-11-9-8-10-12-20/h8-12,19,21-24,27-28H,7,13-18H2,1-6H3/t19?,21?,22?,23-,24?/m1/s1. The molecular weight excluding hydrogens is 360 g/mol. The van der Waals surface area contributed by atoms with Gasteiger partial charge in [0, 0.05) is 6.61 Å². The summed E-state index contributed by atoms with van der Waals surface area (Å²) >= 11 is 0. The van der Waals surface area contributed by atoms with E-state index >= 15 is 0 Å². The van der Waals surface area contributed by atoms with Gasteiger partial charge in [0.05, 0.1) is 18.8 Å². The van der Waals surface area contributed by atoms with E-state index < -0.39 is 12.2 Å². The van der Waals surface area contributed by atoms with Gasteiger partial charge in [-0.3, -0.25) is 0 Å². The average Bonchev–Trinajstić information content (AvgIpc) is 3.46. The SMILES string of the molecule is CCC1C[C@H]1C(C)(C)CC(O)CC(O)C(C)(C)C(C)CCOCc1ccccc1. The van der Waals surface area contributed by atoms with Crippen molar-refractivity contribution in [3.8, 4) is 0 Å². The fraction of sp³-hybridized carbons (Fsp3) is 0.769. The van der Waals surface area contributed by atoms with Crippen molar-refractivity contribution in [1.29, 1.82) is 0 Å². The maximum Gasteiger partial charge on any atom is 0.0716 e. The van der Waals surface area contributed by atoms with Crippen LogP contribution in [0.25, 0.3) is 0 Å². The molecule has 3 heteroatoms. The Hall–Kier alpha value is -0.900. The van der Waals surface area contributed by atoms with Gasteiger partial charge in [0.25, 0.3) is 0 Å². The minimum absolute atomic E-state index is 0.154. The van der Waals surface area contributed by atoms with Crippen molar-refractivity contribution in [2.45, 2.75) is 92.5 Å². The van der Waals surface area contributed by atoms with E-state index in [9.17, 15) is 10.2 Å². The highest BCUT2D eigenvalue weighted by Gasteiger charge is 2.47. The monoisotopic (exact) mass is 404 g/mol. The molecule has 1 aliphatic carbocycles. The normalized spacial score (nSPS) is 22.9. The minimum Gasteiger partial charge on any atom is -0.393 e. The molecule has 5 atom stereocenters. The number of hydrogen-bond acceptors (Lipinski definition) is 3. The van der Waals surface area contributed by atoms with Crippen LogP contribution in [0, 0.1) is 28.6 Å².